The second kappa shape index (κ2) is 26.9. The van der Waals surface area contributed by atoms with Crippen molar-refractivity contribution in [3.05, 3.63) is 6.92 Å². The fourth-order valence-electron chi connectivity index (χ4n) is 0.453. The Morgan fingerprint density at radius 1 is 1.14 bits per heavy atom. The lowest BCUT2D eigenvalue weighted by atomic mass is 10.2. The lowest BCUT2D eigenvalue weighted by molar-refractivity contribution is -0.138. The maximum absolute atomic E-state index is 9.60. The smallest absolute Gasteiger partial charge is 0.417 e. The van der Waals surface area contributed by atoms with Gasteiger partial charge in [-0.1, -0.05) is 33.1 Å². The average Bonchev–Trinajstić information content (AvgIpc) is 2.41. The van der Waals surface area contributed by atoms with Crippen LogP contribution in [0.5, 0.6) is 0 Å². The first-order valence-electron chi connectivity index (χ1n) is 6.60. The van der Waals surface area contributed by atoms with Crippen LogP contribution >= 0.6 is 0 Å². The Kier molecular flexibility index (Phi) is 35.5. The minimum absolute atomic E-state index is 0.318. The van der Waals surface area contributed by atoms with Crippen LogP contribution in [0.2, 0.25) is 0 Å². The molecule has 0 saturated carbocycles. The van der Waals surface area contributed by atoms with Crippen LogP contribution < -0.4 is 0 Å². The lowest BCUT2D eigenvalue weighted by Gasteiger charge is -2.14. The number of hydrogen-bond acceptors (Lipinski definition) is 6. The molecule has 0 saturated heterocycles. The summed E-state index contributed by atoms with van der Waals surface area (Å²) in [5.41, 5.74) is -0.318. The van der Waals surface area contributed by atoms with Gasteiger partial charge in [0.1, 0.15) is 5.60 Å². The summed E-state index contributed by atoms with van der Waals surface area (Å²) < 4.78 is 12.3. The molecule has 0 aromatic rings. The van der Waals surface area contributed by atoms with Crippen molar-refractivity contribution in [2.75, 3.05) is 13.7 Å². The minimum atomic E-state index is -0.318. The molecule has 3 radical (unpaired) electrons. The second-order valence-electron chi connectivity index (χ2n) is 4.34. The highest BCUT2D eigenvalue weighted by Gasteiger charge is 2.07. The van der Waals surface area contributed by atoms with Gasteiger partial charge in [0.05, 0.1) is 13.7 Å². The maximum Gasteiger partial charge on any atom is 0.417 e. The number of carbonyl (C=O) groups is 1. The predicted molar refractivity (Wildman–Crippen MR) is 81.8 cm³/mol. The summed E-state index contributed by atoms with van der Waals surface area (Å²) in [6.07, 6.45) is 3.65. The molecule has 0 aliphatic carbocycles. The molecule has 0 atom stereocenters. The number of ether oxygens (including phenoxy) is 3. The van der Waals surface area contributed by atoms with Crippen molar-refractivity contribution < 1.29 is 28.6 Å². The van der Waals surface area contributed by atoms with Crippen LogP contribution in [0.4, 0.5) is 0 Å². The Morgan fingerprint density at radius 3 is 1.62 bits per heavy atom. The van der Waals surface area contributed by atoms with Gasteiger partial charge < -0.3 is 14.2 Å². The van der Waals surface area contributed by atoms with Crippen molar-refractivity contribution in [2.45, 2.75) is 59.5 Å². The largest absolute Gasteiger partial charge is 0.462 e. The van der Waals surface area contributed by atoms with Crippen molar-refractivity contribution in [2.24, 2.45) is 0 Å². The summed E-state index contributed by atoms with van der Waals surface area (Å²) in [5.74, 6) is 0. The van der Waals surface area contributed by atoms with Crippen molar-refractivity contribution in [3.63, 3.8) is 0 Å². The molecule has 0 rings (SSSR count). The highest BCUT2D eigenvalue weighted by Crippen LogP contribution is 2.02. The Balaban J connectivity index is -0.0000000939. The van der Waals surface area contributed by atoms with Crippen LogP contribution in [0.3, 0.4) is 0 Å². The van der Waals surface area contributed by atoms with Gasteiger partial charge in [-0.25, -0.2) is 9.59 Å². The third kappa shape index (κ3) is 90.3. The van der Waals surface area contributed by atoms with Crippen LogP contribution in [0.15, 0.2) is 0 Å². The zero-order valence-corrected chi connectivity index (χ0v) is 14.1. The van der Waals surface area contributed by atoms with Crippen LogP contribution in [-0.4, -0.2) is 38.7 Å². The summed E-state index contributed by atoms with van der Waals surface area (Å²) in [7, 11) is 1.26. The first-order chi connectivity index (χ1) is 9.80. The summed E-state index contributed by atoms with van der Waals surface area (Å²) in [4.78, 5) is 27.5. The molecule has 0 spiro atoms. The van der Waals surface area contributed by atoms with E-state index in [0.717, 1.165) is 6.42 Å². The molecule has 0 aromatic heterocycles. The molecular weight excluding hydrogens is 276 g/mol. The number of rotatable bonds is 6. The zero-order valence-electron chi connectivity index (χ0n) is 14.1. The van der Waals surface area contributed by atoms with E-state index in [-0.39, 0.29) is 5.60 Å². The molecule has 0 heterocycles. The normalized spacial score (nSPS) is 8.14. The zero-order chi connectivity index (χ0) is 17.6. The molecule has 6 heteroatoms. The third-order valence-corrected chi connectivity index (χ3v) is 1.29. The first kappa shape index (κ1) is 27.7. The molecular formula is C15H29O6. The van der Waals surface area contributed by atoms with E-state index < -0.39 is 0 Å². The van der Waals surface area contributed by atoms with E-state index in [2.05, 4.69) is 28.1 Å². The molecule has 0 amide bonds. The summed E-state index contributed by atoms with van der Waals surface area (Å²) >= 11 is 0. The van der Waals surface area contributed by atoms with Gasteiger partial charge in [0.15, 0.2) is 0 Å². The highest BCUT2D eigenvalue weighted by molar-refractivity contribution is 5.38. The molecule has 0 unspecified atom stereocenters. The van der Waals surface area contributed by atoms with Gasteiger partial charge in [-0.15, -0.1) is 0 Å². The molecule has 0 bridgehead atoms. The molecule has 125 valence electrons. The lowest BCUT2D eigenvalue weighted by Crippen LogP contribution is -2.17. The van der Waals surface area contributed by atoms with Crippen LogP contribution in [0, 0.1) is 6.92 Å². The van der Waals surface area contributed by atoms with E-state index in [4.69, 9.17) is 9.59 Å². The Morgan fingerprint density at radius 2 is 1.62 bits per heavy atom. The van der Waals surface area contributed by atoms with Gasteiger partial charge in [0, 0.05) is 0 Å². The van der Waals surface area contributed by atoms with Crippen molar-refractivity contribution in [3.8, 4) is 0 Å². The SMILES string of the molecule is CC(C)(C)OC=O.CCO[C]=O.CO[C]=O.[CH2]CCCC. The second-order valence-corrected chi connectivity index (χ2v) is 4.34. The Bertz CT molecular complexity index is 197. The highest BCUT2D eigenvalue weighted by atomic mass is 16.5. The summed E-state index contributed by atoms with van der Waals surface area (Å²) in [6, 6.07) is 0. The number of methoxy groups -OCH3 is 1. The van der Waals surface area contributed by atoms with E-state index in [1.54, 1.807) is 6.92 Å². The predicted octanol–water partition coefficient (Wildman–Crippen LogP) is 2.76. The van der Waals surface area contributed by atoms with Gasteiger partial charge >= 0.3 is 12.9 Å². The topological polar surface area (TPSA) is 78.9 Å². The van der Waals surface area contributed by atoms with Crippen molar-refractivity contribution >= 4 is 19.4 Å². The van der Waals surface area contributed by atoms with Crippen LogP contribution in [0.1, 0.15) is 53.9 Å². The van der Waals surface area contributed by atoms with Crippen molar-refractivity contribution in [1.29, 1.82) is 0 Å². The van der Waals surface area contributed by atoms with E-state index in [1.165, 1.54) is 32.9 Å². The average molecular weight is 305 g/mol. The number of hydrogen-bond donors (Lipinski definition) is 0. The van der Waals surface area contributed by atoms with Gasteiger partial charge in [-0.05, 0) is 27.7 Å². The molecule has 0 N–H and O–H groups in total. The number of carbonyl (C=O) groups excluding carboxylic acids is 3. The van der Waals surface area contributed by atoms with E-state index >= 15 is 0 Å². The molecule has 21 heavy (non-hydrogen) atoms. The maximum atomic E-state index is 9.60. The van der Waals surface area contributed by atoms with Gasteiger partial charge in [-0.2, -0.15) is 0 Å². The quantitative estimate of drug-likeness (QED) is 0.554. The van der Waals surface area contributed by atoms with Gasteiger partial charge in [0.25, 0.3) is 6.47 Å². The van der Waals surface area contributed by atoms with E-state index in [0.29, 0.717) is 13.1 Å². The van der Waals surface area contributed by atoms with E-state index in [1.807, 2.05) is 20.8 Å². The Labute approximate surface area is 129 Å². The molecule has 0 aliphatic rings. The third-order valence-electron chi connectivity index (χ3n) is 1.29. The fourth-order valence-corrected chi connectivity index (χ4v) is 0.453. The van der Waals surface area contributed by atoms with Crippen molar-refractivity contribution in [1.82, 2.24) is 0 Å². The monoisotopic (exact) mass is 305 g/mol. The number of unbranched alkanes of at least 4 members (excludes halogenated alkanes) is 2. The molecule has 6 nitrogen and oxygen atoms in total. The first-order valence-corrected chi connectivity index (χ1v) is 6.60. The van der Waals surface area contributed by atoms with Gasteiger partial charge in [-0.3, -0.25) is 4.79 Å². The van der Waals surface area contributed by atoms with Gasteiger partial charge in [0.2, 0.25) is 0 Å². The standard InChI is InChI=1S/C5H10O2.C5H11.C3H5O2.C2H3O2/c1-5(2,3)7-4-6;1-3-5-4-2;1-2-5-3-4;1-4-2-3/h4H,1-3H3;1,3-5H2,2H3;2H2,1H3;1H3. The molecule has 0 fully saturated rings. The van der Waals surface area contributed by atoms with Crippen LogP contribution in [0.25, 0.3) is 0 Å². The summed E-state index contributed by atoms with van der Waals surface area (Å²) in [6.45, 7) is 16.4. The Hall–Kier alpha value is -1.59. The van der Waals surface area contributed by atoms with Crippen LogP contribution in [-0.2, 0) is 28.6 Å². The summed E-state index contributed by atoms with van der Waals surface area (Å²) in [5, 5.41) is 0. The molecule has 0 aromatic carbocycles. The van der Waals surface area contributed by atoms with E-state index in [9.17, 15) is 4.79 Å². The minimum Gasteiger partial charge on any atom is -0.462 e. The fraction of sp³-hybridized carbons (Fsp3) is 0.733. The molecule has 0 aliphatic heterocycles.